The van der Waals surface area contributed by atoms with E-state index in [4.69, 9.17) is 4.74 Å². The van der Waals surface area contributed by atoms with Crippen molar-refractivity contribution in [3.8, 4) is 0 Å². The normalized spacial score (nSPS) is 23.2. The number of carbonyl (C=O) groups excluding carboxylic acids is 1. The Kier molecular flexibility index (Phi) is 3.26. The summed E-state index contributed by atoms with van der Waals surface area (Å²) in [7, 11) is 1.72. The van der Waals surface area contributed by atoms with Crippen LogP contribution in [0, 0.1) is 0 Å². The number of fused-ring (bicyclic) bond motifs is 1. The highest BCUT2D eigenvalue weighted by atomic mass is 16.5. The van der Waals surface area contributed by atoms with Crippen LogP contribution in [-0.2, 0) is 4.74 Å². The number of aromatic nitrogens is 1. The number of piperidine rings is 1. The van der Waals surface area contributed by atoms with E-state index in [9.17, 15) is 4.79 Å². The van der Waals surface area contributed by atoms with Crippen LogP contribution in [0.1, 0.15) is 30.1 Å². The summed E-state index contributed by atoms with van der Waals surface area (Å²) in [5, 5.41) is 0.988. The molecule has 1 fully saturated rings. The SMILES string of the molecule is COC1(C)CCCN(C(=O)c2cccc3[nH]ccc23)C1. The van der Waals surface area contributed by atoms with Crippen LogP contribution >= 0.6 is 0 Å². The first-order valence-electron chi connectivity index (χ1n) is 7.03. The van der Waals surface area contributed by atoms with Crippen molar-refractivity contribution in [3.63, 3.8) is 0 Å². The van der Waals surface area contributed by atoms with Gasteiger partial charge in [-0.3, -0.25) is 4.79 Å². The molecule has 0 bridgehead atoms. The molecule has 1 aromatic carbocycles. The van der Waals surface area contributed by atoms with Crippen molar-refractivity contribution < 1.29 is 9.53 Å². The minimum Gasteiger partial charge on any atom is -0.377 e. The Morgan fingerprint density at radius 2 is 2.25 bits per heavy atom. The number of amides is 1. The Bertz CT molecular complexity index is 634. The molecule has 2 heterocycles. The third-order valence-corrected chi connectivity index (χ3v) is 4.26. The van der Waals surface area contributed by atoms with Crippen LogP contribution in [0.5, 0.6) is 0 Å². The number of aromatic amines is 1. The van der Waals surface area contributed by atoms with Crippen molar-refractivity contribution in [2.45, 2.75) is 25.4 Å². The van der Waals surface area contributed by atoms with E-state index in [1.54, 1.807) is 7.11 Å². The van der Waals surface area contributed by atoms with Crippen LogP contribution in [0.4, 0.5) is 0 Å². The molecule has 0 aliphatic carbocycles. The van der Waals surface area contributed by atoms with E-state index in [1.807, 2.05) is 35.4 Å². The van der Waals surface area contributed by atoms with Crippen LogP contribution in [-0.4, -0.2) is 41.6 Å². The molecule has 0 radical (unpaired) electrons. The lowest BCUT2D eigenvalue weighted by Gasteiger charge is -2.39. The maximum absolute atomic E-state index is 12.8. The van der Waals surface area contributed by atoms with E-state index < -0.39 is 0 Å². The number of likely N-dealkylation sites (tertiary alicyclic amines) is 1. The minimum atomic E-state index is -0.222. The van der Waals surface area contributed by atoms with Crippen molar-refractivity contribution in [2.24, 2.45) is 0 Å². The largest absolute Gasteiger partial charge is 0.377 e. The standard InChI is InChI=1S/C16H20N2O2/c1-16(20-2)8-4-10-18(11-16)15(19)13-5-3-6-14-12(13)7-9-17-14/h3,5-7,9,17H,4,8,10-11H2,1-2H3. The topological polar surface area (TPSA) is 45.3 Å². The van der Waals surface area contributed by atoms with Crippen LogP contribution in [0.25, 0.3) is 10.9 Å². The number of hydrogen-bond donors (Lipinski definition) is 1. The fourth-order valence-corrected chi connectivity index (χ4v) is 2.99. The molecule has 0 spiro atoms. The second-order valence-corrected chi connectivity index (χ2v) is 5.73. The summed E-state index contributed by atoms with van der Waals surface area (Å²) in [6, 6.07) is 7.77. The number of rotatable bonds is 2. The van der Waals surface area contributed by atoms with Gasteiger partial charge in [0.2, 0.25) is 0 Å². The van der Waals surface area contributed by atoms with Gasteiger partial charge in [-0.1, -0.05) is 6.07 Å². The van der Waals surface area contributed by atoms with Crippen LogP contribution < -0.4 is 0 Å². The molecule has 1 aliphatic heterocycles. The van der Waals surface area contributed by atoms with Gasteiger partial charge in [-0.25, -0.2) is 0 Å². The van der Waals surface area contributed by atoms with Crippen molar-refractivity contribution in [2.75, 3.05) is 20.2 Å². The highest BCUT2D eigenvalue weighted by Gasteiger charge is 2.33. The number of methoxy groups -OCH3 is 1. The Labute approximate surface area is 118 Å². The molecule has 2 aromatic rings. The molecule has 4 nitrogen and oxygen atoms in total. The molecule has 3 rings (SSSR count). The van der Waals surface area contributed by atoms with Gasteiger partial charge in [0.05, 0.1) is 5.60 Å². The summed E-state index contributed by atoms with van der Waals surface area (Å²) in [6.45, 7) is 3.53. The van der Waals surface area contributed by atoms with E-state index in [0.29, 0.717) is 6.54 Å². The molecule has 20 heavy (non-hydrogen) atoms. The summed E-state index contributed by atoms with van der Waals surface area (Å²) < 4.78 is 5.57. The fourth-order valence-electron chi connectivity index (χ4n) is 2.99. The average Bonchev–Trinajstić information content (AvgIpc) is 2.95. The molecular weight excluding hydrogens is 252 g/mol. The van der Waals surface area contributed by atoms with Gasteiger partial charge in [-0.15, -0.1) is 0 Å². The Morgan fingerprint density at radius 3 is 3.05 bits per heavy atom. The van der Waals surface area contributed by atoms with E-state index in [0.717, 1.165) is 35.9 Å². The molecule has 4 heteroatoms. The summed E-state index contributed by atoms with van der Waals surface area (Å²) >= 11 is 0. The molecular formula is C16H20N2O2. The first-order valence-corrected chi connectivity index (χ1v) is 7.03. The summed E-state index contributed by atoms with van der Waals surface area (Å²) in [4.78, 5) is 17.8. The monoisotopic (exact) mass is 272 g/mol. The summed E-state index contributed by atoms with van der Waals surface area (Å²) in [5.41, 5.74) is 1.55. The molecule has 0 saturated carbocycles. The third kappa shape index (κ3) is 2.20. The highest BCUT2D eigenvalue weighted by Crippen LogP contribution is 2.26. The van der Waals surface area contributed by atoms with Crippen LogP contribution in [0.3, 0.4) is 0 Å². The van der Waals surface area contributed by atoms with Gasteiger partial charge >= 0.3 is 0 Å². The Morgan fingerprint density at radius 1 is 1.40 bits per heavy atom. The van der Waals surface area contributed by atoms with Crippen LogP contribution in [0.15, 0.2) is 30.5 Å². The summed E-state index contributed by atoms with van der Waals surface area (Å²) in [5.74, 6) is 0.0955. The highest BCUT2D eigenvalue weighted by molar-refractivity contribution is 6.06. The number of ether oxygens (including phenoxy) is 1. The average molecular weight is 272 g/mol. The zero-order chi connectivity index (χ0) is 14.2. The fraction of sp³-hybridized carbons (Fsp3) is 0.438. The second kappa shape index (κ2) is 4.94. The van der Waals surface area contributed by atoms with Crippen molar-refractivity contribution in [1.29, 1.82) is 0 Å². The molecule has 1 N–H and O–H groups in total. The number of hydrogen-bond acceptors (Lipinski definition) is 2. The van der Waals surface area contributed by atoms with Gasteiger partial charge in [0, 0.05) is 42.9 Å². The Hall–Kier alpha value is -1.81. The smallest absolute Gasteiger partial charge is 0.254 e. The number of benzene rings is 1. The van der Waals surface area contributed by atoms with Crippen LogP contribution in [0.2, 0.25) is 0 Å². The zero-order valence-electron chi connectivity index (χ0n) is 12.0. The molecule has 1 unspecified atom stereocenters. The van der Waals surface area contributed by atoms with E-state index in [-0.39, 0.29) is 11.5 Å². The van der Waals surface area contributed by atoms with Gasteiger partial charge in [0.15, 0.2) is 0 Å². The predicted molar refractivity (Wildman–Crippen MR) is 78.9 cm³/mol. The van der Waals surface area contributed by atoms with Gasteiger partial charge < -0.3 is 14.6 Å². The van der Waals surface area contributed by atoms with Crippen molar-refractivity contribution in [3.05, 3.63) is 36.0 Å². The van der Waals surface area contributed by atoms with Gasteiger partial charge in [-0.05, 0) is 38.0 Å². The first-order chi connectivity index (χ1) is 9.63. The zero-order valence-corrected chi connectivity index (χ0v) is 12.0. The van der Waals surface area contributed by atoms with Gasteiger partial charge in [0.1, 0.15) is 0 Å². The third-order valence-electron chi connectivity index (χ3n) is 4.26. The molecule has 1 saturated heterocycles. The number of nitrogens with zero attached hydrogens (tertiary/aromatic N) is 1. The maximum Gasteiger partial charge on any atom is 0.254 e. The van der Waals surface area contributed by atoms with Crippen molar-refractivity contribution in [1.82, 2.24) is 9.88 Å². The van der Waals surface area contributed by atoms with E-state index >= 15 is 0 Å². The lowest BCUT2D eigenvalue weighted by Crippen LogP contribution is -2.49. The van der Waals surface area contributed by atoms with Gasteiger partial charge in [-0.2, -0.15) is 0 Å². The first kappa shape index (κ1) is 13.2. The number of nitrogens with one attached hydrogen (secondary N) is 1. The maximum atomic E-state index is 12.8. The number of carbonyl (C=O) groups is 1. The van der Waals surface area contributed by atoms with Crippen molar-refractivity contribution >= 4 is 16.8 Å². The predicted octanol–water partition coefficient (Wildman–Crippen LogP) is 2.81. The molecule has 1 atom stereocenters. The molecule has 1 aromatic heterocycles. The van der Waals surface area contributed by atoms with Gasteiger partial charge in [0.25, 0.3) is 5.91 Å². The second-order valence-electron chi connectivity index (χ2n) is 5.73. The Balaban J connectivity index is 1.91. The lowest BCUT2D eigenvalue weighted by molar-refractivity contribution is -0.0439. The van der Waals surface area contributed by atoms with E-state index in [1.165, 1.54) is 0 Å². The molecule has 1 amide bonds. The van der Waals surface area contributed by atoms with E-state index in [2.05, 4.69) is 11.9 Å². The quantitative estimate of drug-likeness (QED) is 0.913. The minimum absolute atomic E-state index is 0.0955. The lowest BCUT2D eigenvalue weighted by atomic mass is 9.94. The summed E-state index contributed by atoms with van der Waals surface area (Å²) in [6.07, 6.45) is 3.86. The molecule has 1 aliphatic rings. The number of H-pyrrole nitrogens is 1. The molecule has 106 valence electrons.